The minimum absolute atomic E-state index is 0.0497. The molecule has 1 fully saturated rings. The highest BCUT2D eigenvalue weighted by molar-refractivity contribution is 14.1. The summed E-state index contributed by atoms with van der Waals surface area (Å²) in [6, 6.07) is 4.28. The van der Waals surface area contributed by atoms with Crippen LogP contribution in [-0.4, -0.2) is 41.6 Å². The van der Waals surface area contributed by atoms with Gasteiger partial charge in [0, 0.05) is 20.7 Å². The maximum absolute atomic E-state index is 12.4. The number of carbonyl (C=O) groups excluding carboxylic acids is 1. The molecule has 1 saturated heterocycles. The Balaban J connectivity index is 1.97. The van der Waals surface area contributed by atoms with Crippen molar-refractivity contribution < 1.29 is 9.53 Å². The van der Waals surface area contributed by atoms with E-state index in [0.717, 1.165) is 25.7 Å². The van der Waals surface area contributed by atoms with Gasteiger partial charge in [0.15, 0.2) is 6.61 Å². The smallest absolute Gasteiger partial charge is 0.258 e. The zero-order valence-electron chi connectivity index (χ0n) is 15.3. The van der Waals surface area contributed by atoms with E-state index >= 15 is 0 Å². The maximum atomic E-state index is 12.4. The topological polar surface area (TPSA) is 41.6 Å². The number of hydrogen-bond acceptors (Lipinski definition) is 3. The molecule has 0 aromatic heterocycles. The highest BCUT2D eigenvalue weighted by Gasteiger charge is 2.43. The van der Waals surface area contributed by atoms with Crippen molar-refractivity contribution in [1.29, 1.82) is 0 Å². The van der Waals surface area contributed by atoms with E-state index in [1.54, 1.807) is 0 Å². The number of benzene rings is 1. The average molecular weight is 682 g/mol. The lowest BCUT2D eigenvalue weighted by Gasteiger charge is -2.53. The number of hydrogen-bond donors (Lipinski definition) is 1. The molecule has 1 heterocycles. The van der Waals surface area contributed by atoms with E-state index in [9.17, 15) is 4.79 Å². The van der Waals surface area contributed by atoms with Gasteiger partial charge in [-0.3, -0.25) is 9.69 Å². The summed E-state index contributed by atoms with van der Waals surface area (Å²) in [5.74, 6) is 0.743. The molecule has 0 unspecified atom stereocenters. The van der Waals surface area contributed by atoms with Crippen molar-refractivity contribution in [3.05, 3.63) is 22.8 Å². The number of piperidine rings is 1. The van der Waals surface area contributed by atoms with Crippen molar-refractivity contribution in [2.24, 2.45) is 0 Å². The number of amides is 1. The molecule has 0 saturated carbocycles. The molecular formula is C18H25I3N2O2. The van der Waals surface area contributed by atoms with Gasteiger partial charge in [0.1, 0.15) is 5.75 Å². The van der Waals surface area contributed by atoms with Gasteiger partial charge in [-0.2, -0.15) is 0 Å². The normalized spacial score (nSPS) is 20.3. The molecule has 0 aliphatic carbocycles. The summed E-state index contributed by atoms with van der Waals surface area (Å²) in [6.45, 7) is 9.00. The van der Waals surface area contributed by atoms with Crippen molar-refractivity contribution in [2.75, 3.05) is 13.7 Å². The van der Waals surface area contributed by atoms with Crippen LogP contribution in [0.3, 0.4) is 0 Å². The summed E-state index contributed by atoms with van der Waals surface area (Å²) >= 11 is 6.79. The predicted molar refractivity (Wildman–Crippen MR) is 127 cm³/mol. The van der Waals surface area contributed by atoms with Gasteiger partial charge in [-0.25, -0.2) is 0 Å². The summed E-state index contributed by atoms with van der Waals surface area (Å²) in [4.78, 5) is 14.8. The third-order valence-electron chi connectivity index (χ3n) is 4.98. The van der Waals surface area contributed by atoms with E-state index in [1.165, 1.54) is 3.57 Å². The SMILES string of the molecule is CN1C(C)(C)CC(NC(=O)COc2c(I)cc(I)cc2I)CC1(C)C. The van der Waals surface area contributed by atoms with E-state index in [4.69, 9.17) is 4.74 Å². The number of nitrogens with zero attached hydrogens (tertiary/aromatic N) is 1. The third-order valence-corrected chi connectivity index (χ3v) is 7.21. The standard InChI is InChI=1S/C18H25I3N2O2/c1-17(2)8-12(9-18(3,4)23(17)5)22-15(24)10-25-16-13(20)6-11(19)7-14(16)21/h6-7,12H,8-10H2,1-5H3,(H,22,24). The van der Waals surface area contributed by atoms with Crippen molar-refractivity contribution in [3.8, 4) is 5.75 Å². The van der Waals surface area contributed by atoms with Crippen LogP contribution in [0.15, 0.2) is 12.1 Å². The molecule has 25 heavy (non-hydrogen) atoms. The first-order chi connectivity index (χ1) is 11.4. The molecule has 0 spiro atoms. The molecule has 1 amide bonds. The molecule has 1 aliphatic rings. The van der Waals surface area contributed by atoms with Gasteiger partial charge in [0.2, 0.25) is 0 Å². The monoisotopic (exact) mass is 682 g/mol. The predicted octanol–water partition coefficient (Wildman–Crippen LogP) is 4.65. The van der Waals surface area contributed by atoms with Gasteiger partial charge in [-0.05, 0) is 127 Å². The number of ether oxygens (including phenoxy) is 1. The Labute approximate surface area is 191 Å². The first-order valence-corrected chi connectivity index (χ1v) is 11.5. The van der Waals surface area contributed by atoms with Crippen LogP contribution in [0.1, 0.15) is 40.5 Å². The summed E-state index contributed by atoms with van der Waals surface area (Å²) in [5, 5.41) is 3.17. The quantitative estimate of drug-likeness (QED) is 0.471. The van der Waals surface area contributed by atoms with Gasteiger partial charge < -0.3 is 10.1 Å². The lowest BCUT2D eigenvalue weighted by atomic mass is 9.77. The first kappa shape index (κ1) is 21.9. The molecule has 0 atom stereocenters. The summed E-state index contributed by atoms with van der Waals surface area (Å²) in [7, 11) is 2.17. The first-order valence-electron chi connectivity index (χ1n) is 8.23. The van der Waals surface area contributed by atoms with Gasteiger partial charge in [-0.1, -0.05) is 0 Å². The molecule has 7 heteroatoms. The second kappa shape index (κ2) is 8.34. The Morgan fingerprint density at radius 1 is 1.16 bits per heavy atom. The molecule has 0 bridgehead atoms. The maximum Gasteiger partial charge on any atom is 0.258 e. The fourth-order valence-electron chi connectivity index (χ4n) is 3.55. The van der Waals surface area contributed by atoms with E-state index in [1.807, 2.05) is 0 Å². The Bertz CT molecular complexity index is 621. The van der Waals surface area contributed by atoms with Gasteiger partial charge in [-0.15, -0.1) is 0 Å². The Morgan fingerprint density at radius 2 is 1.64 bits per heavy atom. The van der Waals surface area contributed by atoms with E-state index in [2.05, 4.69) is 125 Å². The van der Waals surface area contributed by atoms with Crippen molar-refractivity contribution >= 4 is 73.7 Å². The number of carbonyl (C=O) groups is 1. The van der Waals surface area contributed by atoms with Crippen LogP contribution in [0, 0.1) is 10.7 Å². The average Bonchev–Trinajstić information content (AvgIpc) is 2.42. The van der Waals surface area contributed by atoms with Crippen molar-refractivity contribution in [2.45, 2.75) is 57.7 Å². The minimum Gasteiger partial charge on any atom is -0.482 e. The Kier molecular flexibility index (Phi) is 7.32. The zero-order valence-corrected chi connectivity index (χ0v) is 21.7. The minimum atomic E-state index is -0.0497. The molecule has 140 valence electrons. The van der Waals surface area contributed by atoms with Crippen LogP contribution in [0.25, 0.3) is 0 Å². The summed E-state index contributed by atoms with van der Waals surface area (Å²) in [5.41, 5.74) is 0.114. The molecule has 1 aliphatic heterocycles. The molecule has 1 aromatic carbocycles. The number of rotatable bonds is 4. The lowest BCUT2D eigenvalue weighted by Crippen LogP contribution is -2.62. The number of nitrogens with one attached hydrogen (secondary N) is 1. The van der Waals surface area contributed by atoms with Crippen LogP contribution in [0.5, 0.6) is 5.75 Å². The fraction of sp³-hybridized carbons (Fsp3) is 0.611. The Morgan fingerprint density at radius 3 is 2.12 bits per heavy atom. The second-order valence-electron chi connectivity index (χ2n) is 7.84. The van der Waals surface area contributed by atoms with Crippen LogP contribution in [0.4, 0.5) is 0 Å². The molecule has 1 N–H and O–H groups in total. The van der Waals surface area contributed by atoms with E-state index in [-0.39, 0.29) is 29.6 Å². The largest absolute Gasteiger partial charge is 0.482 e. The van der Waals surface area contributed by atoms with Crippen LogP contribution < -0.4 is 10.1 Å². The zero-order chi connectivity index (χ0) is 19.0. The highest BCUT2D eigenvalue weighted by Crippen LogP contribution is 2.36. The number of likely N-dealkylation sites (tertiary alicyclic amines) is 1. The van der Waals surface area contributed by atoms with Gasteiger partial charge >= 0.3 is 0 Å². The van der Waals surface area contributed by atoms with Crippen LogP contribution >= 0.6 is 67.8 Å². The summed E-state index contributed by atoms with van der Waals surface area (Å²) < 4.78 is 9.04. The molecule has 2 rings (SSSR count). The van der Waals surface area contributed by atoms with Gasteiger partial charge in [0.25, 0.3) is 5.91 Å². The highest BCUT2D eigenvalue weighted by atomic mass is 127. The fourth-order valence-corrected chi connectivity index (χ4v) is 7.44. The van der Waals surface area contributed by atoms with Crippen LogP contribution in [-0.2, 0) is 4.79 Å². The third kappa shape index (κ3) is 5.56. The number of halogens is 3. The second-order valence-corrected chi connectivity index (χ2v) is 11.4. The van der Waals surface area contributed by atoms with Crippen LogP contribution in [0.2, 0.25) is 0 Å². The molecule has 4 nitrogen and oxygen atoms in total. The summed E-state index contributed by atoms with van der Waals surface area (Å²) in [6.07, 6.45) is 1.88. The van der Waals surface area contributed by atoms with E-state index in [0.29, 0.717) is 0 Å². The molecular weight excluding hydrogens is 657 g/mol. The molecule has 1 aromatic rings. The van der Waals surface area contributed by atoms with Crippen molar-refractivity contribution in [1.82, 2.24) is 10.2 Å². The van der Waals surface area contributed by atoms with Gasteiger partial charge in [0.05, 0.1) is 7.14 Å². The van der Waals surface area contributed by atoms with Crippen molar-refractivity contribution in [3.63, 3.8) is 0 Å². The Hall–Kier alpha value is 0.640. The van der Waals surface area contributed by atoms with E-state index < -0.39 is 0 Å². The molecule has 0 radical (unpaired) electrons. The lowest BCUT2D eigenvalue weighted by molar-refractivity contribution is -0.125.